The van der Waals surface area contributed by atoms with Crippen LogP contribution in [0.4, 0.5) is 0 Å². The lowest BCUT2D eigenvalue weighted by atomic mass is 10.2. The van der Waals surface area contributed by atoms with Crippen molar-refractivity contribution < 1.29 is 14.6 Å². The second kappa shape index (κ2) is 5.83. The number of phenols is 1. The Hall–Kier alpha value is -2.11. The van der Waals surface area contributed by atoms with Crippen molar-refractivity contribution >= 4 is 27.7 Å². The van der Waals surface area contributed by atoms with Crippen LogP contribution in [0.1, 0.15) is 0 Å². The van der Waals surface area contributed by atoms with Gasteiger partial charge in [-0.15, -0.1) is 0 Å². The number of ether oxygens (including phenoxy) is 2. The standard InChI is InChI=1S/C18H11BrO3S/c19-11-5-7-12(8-6-11)21-14-9-10-15-18(17(14)20)23-16-4-2-1-3-13(16)22-15/h1-10,20H. The van der Waals surface area contributed by atoms with Gasteiger partial charge in [-0.05, 0) is 48.5 Å². The van der Waals surface area contributed by atoms with Crippen LogP contribution in [0.5, 0.6) is 28.7 Å². The van der Waals surface area contributed by atoms with Crippen molar-refractivity contribution in [3.05, 3.63) is 65.1 Å². The van der Waals surface area contributed by atoms with Crippen LogP contribution in [0.15, 0.2) is 74.9 Å². The van der Waals surface area contributed by atoms with Crippen molar-refractivity contribution in [2.75, 3.05) is 0 Å². The van der Waals surface area contributed by atoms with Gasteiger partial charge in [0.25, 0.3) is 0 Å². The minimum absolute atomic E-state index is 0.0879. The quantitative estimate of drug-likeness (QED) is 0.444. The maximum Gasteiger partial charge on any atom is 0.176 e. The van der Waals surface area contributed by atoms with Crippen molar-refractivity contribution in [3.63, 3.8) is 0 Å². The molecule has 4 rings (SSSR count). The summed E-state index contributed by atoms with van der Waals surface area (Å²) in [5.41, 5.74) is 0. The number of rotatable bonds is 2. The predicted octanol–water partition coefficient (Wildman–Crippen LogP) is 6.20. The van der Waals surface area contributed by atoms with E-state index in [1.807, 2.05) is 54.6 Å². The number of hydrogen-bond acceptors (Lipinski definition) is 4. The van der Waals surface area contributed by atoms with Gasteiger partial charge in [0.1, 0.15) is 22.1 Å². The third-order valence-electron chi connectivity index (χ3n) is 3.38. The Balaban J connectivity index is 1.68. The Bertz CT molecular complexity index is 878. The highest BCUT2D eigenvalue weighted by Gasteiger charge is 2.23. The van der Waals surface area contributed by atoms with E-state index in [2.05, 4.69) is 15.9 Å². The molecule has 1 aliphatic heterocycles. The highest BCUT2D eigenvalue weighted by atomic mass is 79.9. The average molecular weight is 387 g/mol. The van der Waals surface area contributed by atoms with Crippen LogP contribution >= 0.6 is 27.7 Å². The highest BCUT2D eigenvalue weighted by molar-refractivity contribution is 9.10. The smallest absolute Gasteiger partial charge is 0.176 e. The first-order valence-electron chi connectivity index (χ1n) is 6.95. The Morgan fingerprint density at radius 3 is 2.52 bits per heavy atom. The molecular formula is C18H11BrO3S. The summed E-state index contributed by atoms with van der Waals surface area (Å²) in [6.45, 7) is 0. The van der Waals surface area contributed by atoms with Gasteiger partial charge in [0, 0.05) is 4.47 Å². The zero-order chi connectivity index (χ0) is 15.8. The lowest BCUT2D eigenvalue weighted by molar-refractivity contribution is 0.387. The van der Waals surface area contributed by atoms with E-state index in [-0.39, 0.29) is 5.75 Å². The molecule has 0 unspecified atom stereocenters. The summed E-state index contributed by atoms with van der Waals surface area (Å²) < 4.78 is 12.6. The Morgan fingerprint density at radius 1 is 0.913 bits per heavy atom. The average Bonchev–Trinajstić information content (AvgIpc) is 2.58. The second-order valence-corrected chi connectivity index (χ2v) is 6.91. The van der Waals surface area contributed by atoms with E-state index in [9.17, 15) is 5.11 Å². The van der Waals surface area contributed by atoms with Gasteiger partial charge in [0.05, 0.1) is 4.90 Å². The van der Waals surface area contributed by atoms with E-state index in [0.717, 1.165) is 15.1 Å². The Morgan fingerprint density at radius 2 is 1.70 bits per heavy atom. The maximum absolute atomic E-state index is 10.5. The third-order valence-corrected chi connectivity index (χ3v) is 5.07. The van der Waals surface area contributed by atoms with E-state index >= 15 is 0 Å². The summed E-state index contributed by atoms with van der Waals surface area (Å²) in [6.07, 6.45) is 0. The number of para-hydroxylation sites is 1. The fourth-order valence-corrected chi connectivity index (χ4v) is 3.52. The van der Waals surface area contributed by atoms with Gasteiger partial charge in [-0.25, -0.2) is 0 Å². The maximum atomic E-state index is 10.5. The van der Waals surface area contributed by atoms with Gasteiger partial charge in [0.2, 0.25) is 0 Å². The van der Waals surface area contributed by atoms with E-state index in [1.165, 1.54) is 11.8 Å². The minimum Gasteiger partial charge on any atom is -0.503 e. The summed E-state index contributed by atoms with van der Waals surface area (Å²) in [7, 11) is 0. The van der Waals surface area contributed by atoms with Gasteiger partial charge >= 0.3 is 0 Å². The number of fused-ring (bicyclic) bond motifs is 2. The van der Waals surface area contributed by atoms with Gasteiger partial charge in [0.15, 0.2) is 11.5 Å². The predicted molar refractivity (Wildman–Crippen MR) is 93.0 cm³/mol. The molecule has 23 heavy (non-hydrogen) atoms. The molecule has 3 aromatic rings. The lowest BCUT2D eigenvalue weighted by Crippen LogP contribution is -1.96. The molecule has 5 heteroatoms. The minimum atomic E-state index is 0.0879. The van der Waals surface area contributed by atoms with Crippen LogP contribution in [-0.4, -0.2) is 5.11 Å². The number of halogens is 1. The topological polar surface area (TPSA) is 38.7 Å². The monoisotopic (exact) mass is 386 g/mol. The van der Waals surface area contributed by atoms with Gasteiger partial charge in [-0.3, -0.25) is 0 Å². The second-order valence-electron chi connectivity index (χ2n) is 4.95. The molecule has 1 aliphatic rings. The van der Waals surface area contributed by atoms with E-state index in [4.69, 9.17) is 9.47 Å². The number of benzene rings is 3. The molecular weight excluding hydrogens is 376 g/mol. The summed E-state index contributed by atoms with van der Waals surface area (Å²) in [5.74, 6) is 2.58. The number of aromatic hydroxyl groups is 1. The normalized spacial score (nSPS) is 12.0. The molecule has 3 aromatic carbocycles. The molecule has 0 bridgehead atoms. The fraction of sp³-hybridized carbons (Fsp3) is 0. The van der Waals surface area contributed by atoms with Crippen LogP contribution in [0.2, 0.25) is 0 Å². The summed E-state index contributed by atoms with van der Waals surface area (Å²) in [6, 6.07) is 18.7. The van der Waals surface area contributed by atoms with Crippen LogP contribution in [-0.2, 0) is 0 Å². The molecule has 1 N–H and O–H groups in total. The van der Waals surface area contributed by atoms with E-state index < -0.39 is 0 Å². The Labute approximate surface area is 146 Å². The first-order valence-corrected chi connectivity index (χ1v) is 8.56. The molecule has 3 nitrogen and oxygen atoms in total. The summed E-state index contributed by atoms with van der Waals surface area (Å²) in [4.78, 5) is 1.63. The largest absolute Gasteiger partial charge is 0.503 e. The molecule has 0 fully saturated rings. The van der Waals surface area contributed by atoms with Gasteiger partial charge in [-0.2, -0.15) is 0 Å². The molecule has 0 aromatic heterocycles. The first kappa shape index (κ1) is 14.5. The molecule has 1 heterocycles. The molecule has 0 atom stereocenters. The van der Waals surface area contributed by atoms with Gasteiger partial charge in [-0.1, -0.05) is 39.8 Å². The van der Waals surface area contributed by atoms with E-state index in [1.54, 1.807) is 6.07 Å². The van der Waals surface area contributed by atoms with Crippen LogP contribution in [0, 0.1) is 0 Å². The Kier molecular flexibility index (Phi) is 3.67. The van der Waals surface area contributed by atoms with E-state index in [0.29, 0.717) is 22.1 Å². The van der Waals surface area contributed by atoms with Gasteiger partial charge < -0.3 is 14.6 Å². The third kappa shape index (κ3) is 2.78. The first-order chi connectivity index (χ1) is 11.2. The van der Waals surface area contributed by atoms with Crippen LogP contribution < -0.4 is 9.47 Å². The lowest BCUT2D eigenvalue weighted by Gasteiger charge is -2.21. The number of hydrogen-bond donors (Lipinski definition) is 1. The zero-order valence-corrected chi connectivity index (χ0v) is 14.2. The molecule has 0 spiro atoms. The SMILES string of the molecule is Oc1c(Oc2ccc(Br)cc2)ccc2c1Sc1ccccc1O2. The molecule has 0 saturated carbocycles. The summed E-state index contributed by atoms with van der Waals surface area (Å²) in [5, 5.41) is 10.5. The zero-order valence-electron chi connectivity index (χ0n) is 11.8. The fourth-order valence-electron chi connectivity index (χ4n) is 2.27. The van der Waals surface area contributed by atoms with Crippen molar-refractivity contribution in [3.8, 4) is 28.7 Å². The van der Waals surface area contributed by atoms with Crippen molar-refractivity contribution in [1.82, 2.24) is 0 Å². The molecule has 0 aliphatic carbocycles. The summed E-state index contributed by atoms with van der Waals surface area (Å²) >= 11 is 4.86. The van der Waals surface area contributed by atoms with Crippen molar-refractivity contribution in [2.45, 2.75) is 9.79 Å². The van der Waals surface area contributed by atoms with Crippen molar-refractivity contribution in [2.24, 2.45) is 0 Å². The van der Waals surface area contributed by atoms with Crippen LogP contribution in [0.3, 0.4) is 0 Å². The van der Waals surface area contributed by atoms with Crippen molar-refractivity contribution in [1.29, 1.82) is 0 Å². The molecule has 114 valence electrons. The molecule has 0 saturated heterocycles. The molecule has 0 radical (unpaired) electrons. The number of phenolic OH excluding ortho intramolecular Hbond substituents is 1. The molecule has 0 amide bonds. The van der Waals surface area contributed by atoms with Crippen LogP contribution in [0.25, 0.3) is 0 Å². The highest BCUT2D eigenvalue weighted by Crippen LogP contribution is 2.53.